The van der Waals surface area contributed by atoms with Gasteiger partial charge in [-0.25, -0.2) is 0 Å². The zero-order valence-electron chi connectivity index (χ0n) is 10.7. The molecular weight excluding hydrogens is 330 g/mol. The Bertz CT molecular complexity index is 593. The summed E-state index contributed by atoms with van der Waals surface area (Å²) >= 11 is 5.19. The summed E-state index contributed by atoms with van der Waals surface area (Å²) in [4.78, 5) is 11.8. The molecule has 0 aliphatic rings. The van der Waals surface area contributed by atoms with Crippen molar-refractivity contribution in [1.29, 1.82) is 0 Å². The number of nitrogens with one attached hydrogen (secondary N) is 1. The van der Waals surface area contributed by atoms with Crippen molar-refractivity contribution in [2.75, 3.05) is 23.4 Å². The lowest BCUT2D eigenvalue weighted by molar-refractivity contribution is 0.586. The average Bonchev–Trinajstić information content (AvgIpc) is 2.76. The quantitative estimate of drug-likeness (QED) is 0.765. The van der Waals surface area contributed by atoms with Gasteiger partial charge < -0.3 is 14.2 Å². The van der Waals surface area contributed by atoms with Crippen LogP contribution in [0, 0.1) is 0 Å². The molecule has 0 unspecified atom stereocenters. The van der Waals surface area contributed by atoms with Crippen LogP contribution in [0.2, 0.25) is 0 Å². The molecule has 0 saturated heterocycles. The second-order valence-electron chi connectivity index (χ2n) is 4.11. The van der Waals surface area contributed by atoms with Crippen LogP contribution in [0.1, 0.15) is 19.8 Å². The molecule has 0 aliphatic carbocycles. The molecule has 2 aromatic heterocycles. The molecule has 6 heteroatoms. The third kappa shape index (κ3) is 3.79. The largest absolute Gasteiger partial charge is 0.456 e. The molecule has 4 nitrogen and oxygen atoms in total. The maximum absolute atomic E-state index is 11.8. The van der Waals surface area contributed by atoms with Crippen molar-refractivity contribution < 1.29 is 8.83 Å². The number of hydrogen-bond acceptors (Lipinski definition) is 5. The summed E-state index contributed by atoms with van der Waals surface area (Å²) in [6.45, 7) is 2.96. The van der Waals surface area contributed by atoms with Crippen LogP contribution in [0.25, 0.3) is 11.2 Å². The summed E-state index contributed by atoms with van der Waals surface area (Å²) in [5.41, 5.74) is 0.525. The summed E-state index contributed by atoms with van der Waals surface area (Å²) in [6.07, 6.45) is 3.92. The fourth-order valence-electron chi connectivity index (χ4n) is 1.60. The van der Waals surface area contributed by atoms with E-state index in [-0.39, 0.29) is 11.0 Å². The molecule has 2 heterocycles. The highest BCUT2D eigenvalue weighted by Gasteiger charge is 2.11. The molecule has 0 saturated carbocycles. The second-order valence-corrected chi connectivity index (χ2v) is 6.19. The Morgan fingerprint density at radius 2 is 2.21 bits per heavy atom. The van der Waals surface area contributed by atoms with Gasteiger partial charge in [0.1, 0.15) is 6.26 Å². The zero-order chi connectivity index (χ0) is 13.7. The fraction of sp³-hybridized carbons (Fsp3) is 0.462. The lowest BCUT2D eigenvalue weighted by Crippen LogP contribution is -2.07. The first-order chi connectivity index (χ1) is 9.22. The summed E-state index contributed by atoms with van der Waals surface area (Å²) in [6, 6.07) is 1.43. The van der Waals surface area contributed by atoms with Crippen molar-refractivity contribution in [2.24, 2.45) is 0 Å². The molecule has 0 aromatic carbocycles. The number of unbranched alkanes of at least 4 members (excludes halogenated alkanes) is 1. The third-order valence-corrected chi connectivity index (χ3v) is 4.21. The smallest absolute Gasteiger partial charge is 0.230 e. The van der Waals surface area contributed by atoms with E-state index in [9.17, 15) is 4.79 Å². The summed E-state index contributed by atoms with van der Waals surface area (Å²) in [5, 5.41) is 3.12. The Morgan fingerprint density at radius 1 is 1.37 bits per heavy atom. The molecule has 1 N–H and O–H groups in total. The Hall–Kier alpha value is -0.880. The van der Waals surface area contributed by atoms with Crippen LogP contribution in [-0.4, -0.2) is 18.1 Å². The van der Waals surface area contributed by atoms with Gasteiger partial charge in [0.05, 0.1) is 4.47 Å². The monoisotopic (exact) mass is 345 g/mol. The van der Waals surface area contributed by atoms with Gasteiger partial charge in [0.2, 0.25) is 11.0 Å². The van der Waals surface area contributed by atoms with Crippen LogP contribution < -0.4 is 10.7 Å². The molecule has 2 aromatic rings. The lowest BCUT2D eigenvalue weighted by Gasteiger charge is -2.04. The van der Waals surface area contributed by atoms with Gasteiger partial charge in [0.15, 0.2) is 11.5 Å². The predicted molar refractivity (Wildman–Crippen MR) is 83.2 cm³/mol. The van der Waals surface area contributed by atoms with Gasteiger partial charge in [-0.15, -0.1) is 0 Å². The average molecular weight is 346 g/mol. The minimum Gasteiger partial charge on any atom is -0.456 e. The molecule has 0 spiro atoms. The van der Waals surface area contributed by atoms with Crippen molar-refractivity contribution in [3.8, 4) is 0 Å². The van der Waals surface area contributed by atoms with E-state index < -0.39 is 0 Å². The maximum atomic E-state index is 11.8. The van der Waals surface area contributed by atoms with E-state index in [0.717, 1.165) is 12.3 Å². The van der Waals surface area contributed by atoms with E-state index >= 15 is 0 Å². The van der Waals surface area contributed by atoms with Gasteiger partial charge in [0, 0.05) is 18.4 Å². The zero-order valence-corrected chi connectivity index (χ0v) is 13.1. The van der Waals surface area contributed by atoms with Gasteiger partial charge in [-0.2, -0.15) is 11.8 Å². The second kappa shape index (κ2) is 7.05. The van der Waals surface area contributed by atoms with E-state index in [1.54, 1.807) is 0 Å². The SMILES string of the molecule is CCCCSCCNc1cc(=O)c2occ(Br)c2o1. The first-order valence-corrected chi connectivity index (χ1v) is 8.19. The summed E-state index contributed by atoms with van der Waals surface area (Å²) in [5.74, 6) is 2.65. The minimum atomic E-state index is -0.173. The van der Waals surface area contributed by atoms with Crippen LogP contribution in [0.4, 0.5) is 5.88 Å². The van der Waals surface area contributed by atoms with Crippen molar-refractivity contribution in [3.63, 3.8) is 0 Å². The van der Waals surface area contributed by atoms with E-state index in [1.807, 2.05) is 11.8 Å². The Kier molecular flexibility index (Phi) is 5.39. The molecule has 104 valence electrons. The normalized spacial score (nSPS) is 11.1. The number of halogens is 1. The van der Waals surface area contributed by atoms with Crippen LogP contribution >= 0.6 is 27.7 Å². The molecule has 19 heavy (non-hydrogen) atoms. The van der Waals surface area contributed by atoms with Crippen molar-refractivity contribution in [2.45, 2.75) is 19.8 Å². The van der Waals surface area contributed by atoms with Gasteiger partial charge in [-0.3, -0.25) is 4.79 Å². The number of anilines is 1. The van der Waals surface area contributed by atoms with Crippen molar-refractivity contribution >= 4 is 44.7 Å². The molecule has 0 atom stereocenters. The van der Waals surface area contributed by atoms with E-state index in [4.69, 9.17) is 8.83 Å². The number of furan rings is 1. The molecule has 0 bridgehead atoms. The Labute approximate surface area is 124 Å². The number of rotatable bonds is 7. The molecule has 0 fully saturated rings. The van der Waals surface area contributed by atoms with E-state index in [1.165, 1.54) is 30.9 Å². The molecule has 0 radical (unpaired) electrons. The van der Waals surface area contributed by atoms with Gasteiger partial charge in [-0.05, 0) is 28.1 Å². The standard InChI is InChI=1S/C13H16BrNO3S/c1-2-3-5-19-6-4-15-11-7-10(16)13-12(18-11)9(14)8-17-13/h7-8,15H,2-6H2,1H3. The third-order valence-electron chi connectivity index (χ3n) is 2.59. The predicted octanol–water partition coefficient (Wildman–Crippen LogP) is 4.09. The highest BCUT2D eigenvalue weighted by Crippen LogP contribution is 2.25. The van der Waals surface area contributed by atoms with Crippen molar-refractivity contribution in [3.05, 3.63) is 27.0 Å². The minimum absolute atomic E-state index is 0.173. The van der Waals surface area contributed by atoms with Crippen LogP contribution in [0.5, 0.6) is 0 Å². The molecule has 2 rings (SSSR count). The van der Waals surface area contributed by atoms with E-state index in [0.29, 0.717) is 15.9 Å². The highest BCUT2D eigenvalue weighted by atomic mass is 79.9. The summed E-state index contributed by atoms with van der Waals surface area (Å²) < 4.78 is 11.4. The van der Waals surface area contributed by atoms with Crippen LogP contribution in [-0.2, 0) is 0 Å². The van der Waals surface area contributed by atoms with Crippen LogP contribution in [0.15, 0.2) is 30.4 Å². The molecule has 0 aliphatic heterocycles. The van der Waals surface area contributed by atoms with Gasteiger partial charge in [-0.1, -0.05) is 13.3 Å². The first-order valence-electron chi connectivity index (χ1n) is 6.25. The fourth-order valence-corrected chi connectivity index (χ4v) is 2.90. The van der Waals surface area contributed by atoms with E-state index in [2.05, 4.69) is 28.2 Å². The van der Waals surface area contributed by atoms with Gasteiger partial charge in [0.25, 0.3) is 0 Å². The van der Waals surface area contributed by atoms with Gasteiger partial charge >= 0.3 is 0 Å². The number of thioether (sulfide) groups is 1. The maximum Gasteiger partial charge on any atom is 0.230 e. The number of fused-ring (bicyclic) bond motifs is 1. The lowest BCUT2D eigenvalue weighted by atomic mass is 10.4. The first kappa shape index (κ1) is 14.5. The van der Waals surface area contributed by atoms with Crippen LogP contribution in [0.3, 0.4) is 0 Å². The summed E-state index contributed by atoms with van der Waals surface area (Å²) in [7, 11) is 0. The number of hydrogen-bond donors (Lipinski definition) is 1. The van der Waals surface area contributed by atoms with Crippen molar-refractivity contribution in [1.82, 2.24) is 0 Å². The topological polar surface area (TPSA) is 55.4 Å². The Morgan fingerprint density at radius 3 is 3.00 bits per heavy atom. The highest BCUT2D eigenvalue weighted by molar-refractivity contribution is 9.10. The molecule has 0 amide bonds. The Balaban J connectivity index is 1.94. The molecular formula is C13H16BrNO3S.